The zero-order valence-corrected chi connectivity index (χ0v) is 16.6. The second-order valence-electron chi connectivity index (χ2n) is 5.86. The summed E-state index contributed by atoms with van der Waals surface area (Å²) in [5.41, 5.74) is 0. The van der Waals surface area contributed by atoms with E-state index in [9.17, 15) is 0 Å². The highest BCUT2D eigenvalue weighted by Crippen LogP contribution is 2.16. The van der Waals surface area contributed by atoms with Crippen LogP contribution >= 0.6 is 0 Å². The van der Waals surface area contributed by atoms with Crippen LogP contribution in [-0.2, 0) is 4.74 Å². The molecule has 1 rings (SSSR count). The summed E-state index contributed by atoms with van der Waals surface area (Å²) in [5.74, 6) is 2.47. The molecular weight excluding hydrogens is 332 g/mol. The Hall–Kier alpha value is -1.99. The molecule has 0 aromatic heterocycles. The number of methoxy groups -OCH3 is 2. The highest BCUT2D eigenvalue weighted by Gasteiger charge is 2.00. The largest absolute Gasteiger partial charge is 0.497 e. The van der Waals surface area contributed by atoms with Crippen LogP contribution in [0.1, 0.15) is 13.3 Å². The van der Waals surface area contributed by atoms with Crippen LogP contribution in [0.25, 0.3) is 0 Å². The van der Waals surface area contributed by atoms with E-state index in [4.69, 9.17) is 14.2 Å². The first-order valence-electron chi connectivity index (χ1n) is 9.16. The van der Waals surface area contributed by atoms with Crippen molar-refractivity contribution in [2.45, 2.75) is 13.3 Å². The first-order valence-corrected chi connectivity index (χ1v) is 9.16. The van der Waals surface area contributed by atoms with E-state index in [-0.39, 0.29) is 0 Å². The third-order valence-corrected chi connectivity index (χ3v) is 3.71. The average molecular weight is 367 g/mol. The molecule has 26 heavy (non-hydrogen) atoms. The van der Waals surface area contributed by atoms with Gasteiger partial charge in [-0.2, -0.15) is 0 Å². The van der Waals surface area contributed by atoms with Crippen LogP contribution in [0, 0.1) is 0 Å². The van der Waals surface area contributed by atoms with E-state index in [1.807, 2.05) is 24.3 Å². The van der Waals surface area contributed by atoms with Gasteiger partial charge < -0.3 is 29.7 Å². The zero-order chi connectivity index (χ0) is 19.0. The fourth-order valence-electron chi connectivity index (χ4n) is 2.28. The molecule has 0 saturated heterocycles. The third-order valence-electron chi connectivity index (χ3n) is 3.71. The van der Waals surface area contributed by atoms with Crippen molar-refractivity contribution in [3.8, 4) is 11.5 Å². The standard InChI is InChI=1S/C19H34N4O3/c1-5-20-19(21-11-14-23(2)13-6-15-24-3)22-12-16-26-18-9-7-17(25-4)8-10-18/h7-10H,5-6,11-16H2,1-4H3,(H2,20,21,22). The van der Waals surface area contributed by atoms with Gasteiger partial charge in [-0.1, -0.05) is 0 Å². The normalized spacial score (nSPS) is 11.5. The molecule has 0 radical (unpaired) electrons. The summed E-state index contributed by atoms with van der Waals surface area (Å²) >= 11 is 0. The Kier molecular flexibility index (Phi) is 12.1. The van der Waals surface area contributed by atoms with Crippen LogP contribution in [-0.4, -0.2) is 78.1 Å². The molecule has 0 amide bonds. The Morgan fingerprint density at radius 1 is 1.04 bits per heavy atom. The van der Waals surface area contributed by atoms with Crippen LogP contribution in [0.2, 0.25) is 0 Å². The average Bonchev–Trinajstić information content (AvgIpc) is 2.66. The Balaban J connectivity index is 2.26. The molecular formula is C19H34N4O3. The SMILES string of the molecule is CCNC(=NCCN(C)CCCOC)NCCOc1ccc(OC)cc1. The minimum atomic E-state index is 0.563. The molecule has 0 aliphatic carbocycles. The number of ether oxygens (including phenoxy) is 3. The van der Waals surface area contributed by atoms with E-state index in [0.29, 0.717) is 13.2 Å². The van der Waals surface area contributed by atoms with Crippen LogP contribution in [0.5, 0.6) is 11.5 Å². The van der Waals surface area contributed by atoms with Gasteiger partial charge in [-0.3, -0.25) is 4.99 Å². The maximum atomic E-state index is 5.71. The van der Waals surface area contributed by atoms with E-state index in [2.05, 4.69) is 34.5 Å². The van der Waals surface area contributed by atoms with Gasteiger partial charge >= 0.3 is 0 Å². The number of guanidine groups is 1. The van der Waals surface area contributed by atoms with Crippen molar-refractivity contribution >= 4 is 5.96 Å². The Bertz CT molecular complexity index is 494. The number of hydrogen-bond donors (Lipinski definition) is 2. The molecule has 148 valence electrons. The van der Waals surface area contributed by atoms with Crippen molar-refractivity contribution in [1.29, 1.82) is 0 Å². The Morgan fingerprint density at radius 2 is 1.77 bits per heavy atom. The topological polar surface area (TPSA) is 67.4 Å². The predicted octanol–water partition coefficient (Wildman–Crippen LogP) is 1.60. The quantitative estimate of drug-likeness (QED) is 0.314. The number of likely N-dealkylation sites (N-methyl/N-ethyl adjacent to an activating group) is 1. The Labute approximate surface area is 157 Å². The van der Waals surface area contributed by atoms with E-state index in [1.54, 1.807) is 14.2 Å². The summed E-state index contributed by atoms with van der Waals surface area (Å²) in [4.78, 5) is 6.86. The third kappa shape index (κ3) is 10.1. The van der Waals surface area contributed by atoms with E-state index in [0.717, 1.165) is 56.7 Å². The van der Waals surface area contributed by atoms with Gasteiger partial charge in [0.2, 0.25) is 0 Å². The highest BCUT2D eigenvalue weighted by molar-refractivity contribution is 5.79. The molecule has 1 aromatic carbocycles. The van der Waals surface area contributed by atoms with Gasteiger partial charge in [0.25, 0.3) is 0 Å². The van der Waals surface area contributed by atoms with Crippen molar-refractivity contribution in [3.05, 3.63) is 24.3 Å². The van der Waals surface area contributed by atoms with Crippen LogP contribution in [0.3, 0.4) is 0 Å². The lowest BCUT2D eigenvalue weighted by Gasteiger charge is -2.16. The van der Waals surface area contributed by atoms with Gasteiger partial charge in [-0.25, -0.2) is 0 Å². The number of rotatable bonds is 13. The summed E-state index contributed by atoms with van der Waals surface area (Å²) in [6.45, 7) is 7.61. The Morgan fingerprint density at radius 3 is 2.42 bits per heavy atom. The van der Waals surface area contributed by atoms with Gasteiger partial charge in [-0.05, 0) is 44.7 Å². The first kappa shape index (κ1) is 22.1. The van der Waals surface area contributed by atoms with Crippen molar-refractivity contribution in [2.24, 2.45) is 4.99 Å². The molecule has 0 atom stereocenters. The first-order chi connectivity index (χ1) is 12.7. The van der Waals surface area contributed by atoms with E-state index >= 15 is 0 Å². The number of nitrogens with zero attached hydrogens (tertiary/aromatic N) is 2. The van der Waals surface area contributed by atoms with Gasteiger partial charge in [0.05, 0.1) is 20.2 Å². The lowest BCUT2D eigenvalue weighted by atomic mass is 10.3. The van der Waals surface area contributed by atoms with Gasteiger partial charge in [-0.15, -0.1) is 0 Å². The predicted molar refractivity (Wildman–Crippen MR) is 106 cm³/mol. The number of benzene rings is 1. The molecule has 0 spiro atoms. The summed E-state index contributed by atoms with van der Waals surface area (Å²) < 4.78 is 15.9. The zero-order valence-electron chi connectivity index (χ0n) is 16.6. The van der Waals surface area contributed by atoms with Gasteiger partial charge in [0, 0.05) is 33.4 Å². The molecule has 7 nitrogen and oxygen atoms in total. The minimum absolute atomic E-state index is 0.563. The summed E-state index contributed by atoms with van der Waals surface area (Å²) in [7, 11) is 5.49. The van der Waals surface area contributed by atoms with Crippen molar-refractivity contribution < 1.29 is 14.2 Å². The maximum absolute atomic E-state index is 5.71. The fraction of sp³-hybridized carbons (Fsp3) is 0.632. The van der Waals surface area contributed by atoms with E-state index in [1.165, 1.54) is 0 Å². The van der Waals surface area contributed by atoms with Gasteiger partial charge in [0.1, 0.15) is 18.1 Å². The number of aliphatic imine (C=N–C) groups is 1. The monoisotopic (exact) mass is 366 g/mol. The number of hydrogen-bond acceptors (Lipinski definition) is 5. The van der Waals surface area contributed by atoms with Crippen LogP contribution in [0.15, 0.2) is 29.3 Å². The van der Waals surface area contributed by atoms with Gasteiger partial charge in [0.15, 0.2) is 5.96 Å². The molecule has 7 heteroatoms. The van der Waals surface area contributed by atoms with Crippen LogP contribution in [0.4, 0.5) is 0 Å². The fourth-order valence-corrected chi connectivity index (χ4v) is 2.28. The number of nitrogens with one attached hydrogen (secondary N) is 2. The van der Waals surface area contributed by atoms with E-state index < -0.39 is 0 Å². The van der Waals surface area contributed by atoms with Crippen molar-refractivity contribution in [2.75, 3.05) is 67.2 Å². The van der Waals surface area contributed by atoms with Crippen LogP contribution < -0.4 is 20.1 Å². The molecule has 2 N–H and O–H groups in total. The molecule has 0 fully saturated rings. The minimum Gasteiger partial charge on any atom is -0.497 e. The van der Waals surface area contributed by atoms with Crippen molar-refractivity contribution in [3.63, 3.8) is 0 Å². The lowest BCUT2D eigenvalue weighted by molar-refractivity contribution is 0.180. The molecule has 0 saturated carbocycles. The molecule has 1 aromatic rings. The summed E-state index contributed by atoms with van der Waals surface area (Å²) in [6.07, 6.45) is 1.04. The maximum Gasteiger partial charge on any atom is 0.191 e. The smallest absolute Gasteiger partial charge is 0.191 e. The molecule has 0 heterocycles. The lowest BCUT2D eigenvalue weighted by Crippen LogP contribution is -2.39. The molecule has 0 aliphatic rings. The molecule has 0 bridgehead atoms. The second kappa shape index (κ2) is 14.2. The summed E-state index contributed by atoms with van der Waals surface area (Å²) in [5, 5.41) is 6.54. The van der Waals surface area contributed by atoms with Crippen molar-refractivity contribution in [1.82, 2.24) is 15.5 Å². The highest BCUT2D eigenvalue weighted by atomic mass is 16.5. The molecule has 0 aliphatic heterocycles. The summed E-state index contributed by atoms with van der Waals surface area (Å²) in [6, 6.07) is 7.57. The molecule has 0 unspecified atom stereocenters. The second-order valence-corrected chi connectivity index (χ2v) is 5.86.